The van der Waals surface area contributed by atoms with E-state index in [2.05, 4.69) is 31.0 Å². The first-order valence-electron chi connectivity index (χ1n) is 17.0. The number of amides is 1. The third kappa shape index (κ3) is 21.0. The van der Waals surface area contributed by atoms with Crippen LogP contribution in [0.4, 0.5) is 4.79 Å². The Kier molecular flexibility index (Phi) is 24.1. The summed E-state index contributed by atoms with van der Waals surface area (Å²) in [6, 6.07) is 0.382. The van der Waals surface area contributed by atoms with Crippen molar-refractivity contribution < 1.29 is 28.5 Å². The van der Waals surface area contributed by atoms with Gasteiger partial charge in [0.15, 0.2) is 6.29 Å². The predicted octanol–water partition coefficient (Wildman–Crippen LogP) is 7.63. The lowest BCUT2D eigenvalue weighted by Gasteiger charge is -2.34. The molecule has 0 aliphatic carbocycles. The van der Waals surface area contributed by atoms with Crippen molar-refractivity contribution in [3.8, 4) is 0 Å². The number of hydrogen-bond donors (Lipinski definition) is 1. The number of rotatable bonds is 26. The molecular formula is C33H64N2O6. The maximum Gasteiger partial charge on any atom is 0.407 e. The molecule has 41 heavy (non-hydrogen) atoms. The van der Waals surface area contributed by atoms with Crippen LogP contribution in [0.2, 0.25) is 0 Å². The van der Waals surface area contributed by atoms with E-state index in [9.17, 15) is 9.59 Å². The van der Waals surface area contributed by atoms with Crippen LogP contribution in [0, 0.1) is 5.92 Å². The van der Waals surface area contributed by atoms with Crippen molar-refractivity contribution in [1.82, 2.24) is 10.2 Å². The first-order valence-corrected chi connectivity index (χ1v) is 17.0. The van der Waals surface area contributed by atoms with Gasteiger partial charge in [-0.2, -0.15) is 0 Å². The molecule has 8 nitrogen and oxygen atoms in total. The van der Waals surface area contributed by atoms with Gasteiger partial charge in [-0.25, -0.2) is 4.79 Å². The third-order valence-electron chi connectivity index (χ3n) is 7.85. The molecule has 0 aromatic carbocycles. The van der Waals surface area contributed by atoms with Crippen LogP contribution in [-0.4, -0.2) is 75.4 Å². The van der Waals surface area contributed by atoms with Crippen molar-refractivity contribution in [2.75, 3.05) is 46.1 Å². The average molecular weight is 585 g/mol. The van der Waals surface area contributed by atoms with Crippen LogP contribution in [0.25, 0.3) is 0 Å². The van der Waals surface area contributed by atoms with Crippen LogP contribution in [0.15, 0.2) is 0 Å². The molecule has 1 fully saturated rings. The Bertz CT molecular complexity index is 617. The zero-order valence-electron chi connectivity index (χ0n) is 27.1. The summed E-state index contributed by atoms with van der Waals surface area (Å²) in [5.74, 6) is -0.343. The van der Waals surface area contributed by atoms with Crippen molar-refractivity contribution in [2.45, 2.75) is 149 Å². The van der Waals surface area contributed by atoms with Crippen molar-refractivity contribution >= 4 is 12.1 Å². The molecule has 0 aromatic rings. The van der Waals surface area contributed by atoms with Crippen LogP contribution in [0.3, 0.4) is 0 Å². The molecule has 0 saturated carbocycles. The zero-order chi connectivity index (χ0) is 30.0. The summed E-state index contributed by atoms with van der Waals surface area (Å²) in [5.41, 5.74) is 0. The van der Waals surface area contributed by atoms with Gasteiger partial charge in [-0.15, -0.1) is 0 Å². The quantitative estimate of drug-likeness (QED) is 0.0635. The van der Waals surface area contributed by atoms with Gasteiger partial charge in [0.05, 0.1) is 19.6 Å². The van der Waals surface area contributed by atoms with E-state index in [-0.39, 0.29) is 37.8 Å². The number of piperidine rings is 1. The second-order valence-electron chi connectivity index (χ2n) is 11.8. The van der Waals surface area contributed by atoms with Crippen molar-refractivity contribution in [1.29, 1.82) is 0 Å². The molecule has 2 unspecified atom stereocenters. The van der Waals surface area contributed by atoms with E-state index < -0.39 is 6.09 Å². The second kappa shape index (κ2) is 26.3. The number of hydrogen-bond acceptors (Lipinski definition) is 7. The first-order chi connectivity index (χ1) is 20.0. The van der Waals surface area contributed by atoms with Gasteiger partial charge in [0.2, 0.25) is 0 Å². The van der Waals surface area contributed by atoms with Gasteiger partial charge in [-0.1, -0.05) is 98.3 Å². The van der Waals surface area contributed by atoms with Crippen LogP contribution in [-0.2, 0) is 23.7 Å². The van der Waals surface area contributed by atoms with E-state index in [1.165, 1.54) is 77.0 Å². The Balaban J connectivity index is 2.25. The number of unbranched alkanes of at least 4 members (excludes halogenated alkanes) is 10. The van der Waals surface area contributed by atoms with Crippen LogP contribution >= 0.6 is 0 Å². The molecule has 1 aliphatic rings. The van der Waals surface area contributed by atoms with Gasteiger partial charge in [-0.3, -0.25) is 9.69 Å². The van der Waals surface area contributed by atoms with Crippen LogP contribution in [0.5, 0.6) is 0 Å². The lowest BCUT2D eigenvalue weighted by atomic mass is 10.0. The SMILES string of the molecule is CCCCCCCCOC(CCC(=O)OCC(C)COC(=O)NCC1CCCCN1CC)OCCCCCCCC. The highest BCUT2D eigenvalue weighted by molar-refractivity contribution is 5.69. The molecule has 1 saturated heterocycles. The normalized spacial score (nSPS) is 16.6. The molecule has 0 aromatic heterocycles. The zero-order valence-corrected chi connectivity index (χ0v) is 27.1. The molecule has 1 aliphatic heterocycles. The minimum atomic E-state index is -0.405. The molecule has 2 atom stereocenters. The van der Waals surface area contributed by atoms with Gasteiger partial charge >= 0.3 is 12.1 Å². The molecule has 1 amide bonds. The average Bonchev–Trinajstić information content (AvgIpc) is 2.99. The fraction of sp³-hybridized carbons (Fsp3) is 0.939. The standard InChI is InChI=1S/C33H64N2O6/c1-5-8-10-12-14-18-24-38-32(39-25-19-15-13-11-9-6-2)22-21-31(36)40-27-29(4)28-41-33(37)34-26-30-20-16-17-23-35(30)7-3/h29-30,32H,5-28H2,1-4H3,(H,34,37). The van der Waals surface area contributed by atoms with E-state index in [4.69, 9.17) is 18.9 Å². The van der Waals surface area contributed by atoms with Crippen molar-refractivity contribution in [3.63, 3.8) is 0 Å². The first kappa shape index (κ1) is 37.6. The number of carbonyl (C=O) groups is 2. The number of likely N-dealkylation sites (N-methyl/N-ethyl adjacent to an activating group) is 1. The van der Waals surface area contributed by atoms with E-state index in [1.54, 1.807) is 0 Å². The molecule has 0 bridgehead atoms. The number of likely N-dealkylation sites (tertiary alicyclic amines) is 1. The molecule has 1 heterocycles. The third-order valence-corrected chi connectivity index (χ3v) is 7.85. The lowest BCUT2D eigenvalue weighted by Crippen LogP contribution is -2.46. The summed E-state index contributed by atoms with van der Waals surface area (Å²) < 4.78 is 22.9. The minimum Gasteiger partial charge on any atom is -0.465 e. The molecular weight excluding hydrogens is 520 g/mol. The number of esters is 1. The summed E-state index contributed by atoms with van der Waals surface area (Å²) in [6.45, 7) is 13.0. The summed E-state index contributed by atoms with van der Waals surface area (Å²) >= 11 is 0. The highest BCUT2D eigenvalue weighted by Crippen LogP contribution is 2.16. The topological polar surface area (TPSA) is 86.3 Å². The maximum absolute atomic E-state index is 12.4. The molecule has 1 N–H and O–H groups in total. The van der Waals surface area contributed by atoms with Crippen molar-refractivity contribution in [2.24, 2.45) is 5.92 Å². The minimum absolute atomic E-state index is 0.0739. The second-order valence-corrected chi connectivity index (χ2v) is 11.8. The molecule has 1 rings (SSSR count). The fourth-order valence-corrected chi connectivity index (χ4v) is 5.18. The highest BCUT2D eigenvalue weighted by atomic mass is 16.7. The number of carbonyl (C=O) groups excluding carboxylic acids is 2. The number of alkyl carbamates (subject to hydrolysis) is 1. The lowest BCUT2D eigenvalue weighted by molar-refractivity contribution is -0.160. The summed E-state index contributed by atoms with van der Waals surface area (Å²) in [4.78, 5) is 27.0. The molecule has 8 heteroatoms. The van der Waals surface area contributed by atoms with Gasteiger partial charge in [0.1, 0.15) is 0 Å². The maximum atomic E-state index is 12.4. The Morgan fingerprint density at radius 1 is 0.805 bits per heavy atom. The summed E-state index contributed by atoms with van der Waals surface area (Å²) in [6.07, 6.45) is 18.0. The van der Waals surface area contributed by atoms with Gasteiger partial charge in [0.25, 0.3) is 0 Å². The van der Waals surface area contributed by atoms with Crippen molar-refractivity contribution in [3.05, 3.63) is 0 Å². The Morgan fingerprint density at radius 3 is 2.00 bits per heavy atom. The molecule has 0 radical (unpaired) electrons. The summed E-state index contributed by atoms with van der Waals surface area (Å²) in [5, 5.41) is 2.90. The predicted molar refractivity (Wildman–Crippen MR) is 166 cm³/mol. The molecule has 0 spiro atoms. The van der Waals surface area contributed by atoms with Gasteiger partial charge < -0.3 is 24.3 Å². The monoisotopic (exact) mass is 584 g/mol. The van der Waals surface area contributed by atoms with Gasteiger partial charge in [-0.05, 0) is 38.8 Å². The largest absolute Gasteiger partial charge is 0.465 e. The Morgan fingerprint density at radius 2 is 1.39 bits per heavy atom. The van der Waals surface area contributed by atoms with Gasteiger partial charge in [0, 0.05) is 38.1 Å². The van der Waals surface area contributed by atoms with E-state index in [0.29, 0.717) is 32.2 Å². The highest BCUT2D eigenvalue weighted by Gasteiger charge is 2.22. The van der Waals surface area contributed by atoms with E-state index >= 15 is 0 Å². The smallest absolute Gasteiger partial charge is 0.407 e. The van der Waals surface area contributed by atoms with E-state index in [0.717, 1.165) is 32.4 Å². The number of nitrogens with zero attached hydrogens (tertiary/aromatic N) is 1. The summed E-state index contributed by atoms with van der Waals surface area (Å²) in [7, 11) is 0. The fourth-order valence-electron chi connectivity index (χ4n) is 5.18. The number of nitrogens with one attached hydrogen (secondary N) is 1. The Labute approximate surface area is 251 Å². The van der Waals surface area contributed by atoms with Crippen LogP contribution < -0.4 is 5.32 Å². The molecule has 242 valence electrons. The number of ether oxygens (including phenoxy) is 4. The van der Waals surface area contributed by atoms with Crippen LogP contribution in [0.1, 0.15) is 137 Å². The van der Waals surface area contributed by atoms with E-state index in [1.807, 2.05) is 6.92 Å². The Hall–Kier alpha value is -1.38.